The molecule has 20 heavy (non-hydrogen) atoms. The Labute approximate surface area is 121 Å². The molecule has 1 N–H and O–H groups in total. The highest BCUT2D eigenvalue weighted by Crippen LogP contribution is 2.25. The molecule has 2 heterocycles. The molecule has 2 aromatic rings. The molecule has 0 fully saturated rings. The molecule has 3 rings (SSSR count). The fraction of sp³-hybridized carbons (Fsp3) is 0.200. The van der Waals surface area contributed by atoms with Crippen molar-refractivity contribution in [2.24, 2.45) is 0 Å². The van der Waals surface area contributed by atoms with E-state index in [1.807, 2.05) is 6.07 Å². The number of carbonyl (C=O) groups is 2. The lowest BCUT2D eigenvalue weighted by Crippen LogP contribution is -2.24. The van der Waals surface area contributed by atoms with Gasteiger partial charge in [-0.15, -0.1) is 11.3 Å². The molecule has 0 atom stereocenters. The van der Waals surface area contributed by atoms with Crippen LogP contribution in [0, 0.1) is 6.92 Å². The number of hydrogen-bond acceptors (Lipinski definition) is 4. The zero-order valence-electron chi connectivity index (χ0n) is 11.3. The van der Waals surface area contributed by atoms with Crippen LogP contribution >= 0.6 is 11.3 Å². The number of benzene rings is 1. The Morgan fingerprint density at radius 3 is 2.55 bits per heavy atom. The molecular weight excluding hydrogens is 272 g/mol. The van der Waals surface area contributed by atoms with Gasteiger partial charge in [-0.3, -0.25) is 14.5 Å². The Morgan fingerprint density at radius 2 is 1.85 bits per heavy atom. The lowest BCUT2D eigenvalue weighted by atomic mass is 10.1. The Balaban J connectivity index is 1.80. The van der Waals surface area contributed by atoms with Crippen molar-refractivity contribution in [2.45, 2.75) is 13.5 Å². The van der Waals surface area contributed by atoms with E-state index in [1.165, 1.54) is 16.8 Å². The van der Waals surface area contributed by atoms with Crippen LogP contribution in [0.15, 0.2) is 30.3 Å². The van der Waals surface area contributed by atoms with Crippen molar-refractivity contribution in [3.05, 3.63) is 51.2 Å². The van der Waals surface area contributed by atoms with Gasteiger partial charge >= 0.3 is 0 Å². The van der Waals surface area contributed by atoms with Crippen LogP contribution < -0.4 is 5.32 Å². The smallest absolute Gasteiger partial charge is 0.261 e. The van der Waals surface area contributed by atoms with E-state index in [4.69, 9.17) is 0 Å². The molecule has 2 amide bonds. The minimum atomic E-state index is -0.236. The number of aryl methyl sites for hydroxylation is 1. The maximum absolute atomic E-state index is 11.9. The minimum Gasteiger partial charge on any atom is -0.380 e. The van der Waals surface area contributed by atoms with E-state index in [-0.39, 0.29) is 11.8 Å². The largest absolute Gasteiger partial charge is 0.380 e. The van der Waals surface area contributed by atoms with Crippen molar-refractivity contribution in [2.75, 3.05) is 12.4 Å². The maximum Gasteiger partial charge on any atom is 0.261 e. The zero-order chi connectivity index (χ0) is 14.3. The lowest BCUT2D eigenvalue weighted by Gasteiger charge is -2.06. The number of fused-ring (bicyclic) bond motifs is 1. The van der Waals surface area contributed by atoms with Gasteiger partial charge in [-0.1, -0.05) is 0 Å². The number of thiophene rings is 1. The summed E-state index contributed by atoms with van der Waals surface area (Å²) in [6.07, 6.45) is 0. The predicted molar refractivity (Wildman–Crippen MR) is 79.2 cm³/mol. The van der Waals surface area contributed by atoms with Crippen molar-refractivity contribution < 1.29 is 9.59 Å². The summed E-state index contributed by atoms with van der Waals surface area (Å²) < 4.78 is 0. The summed E-state index contributed by atoms with van der Waals surface area (Å²) in [5.41, 5.74) is 1.81. The SMILES string of the molecule is Cc1ccc(CNc2ccc3c(c2)C(=O)N(C)C3=O)s1. The first-order chi connectivity index (χ1) is 9.56. The third-order valence-corrected chi connectivity index (χ3v) is 4.35. The first-order valence-corrected chi connectivity index (χ1v) is 7.13. The lowest BCUT2D eigenvalue weighted by molar-refractivity contribution is 0.0693. The molecule has 0 radical (unpaired) electrons. The first kappa shape index (κ1) is 12.9. The number of nitrogens with one attached hydrogen (secondary N) is 1. The second kappa shape index (κ2) is 4.76. The van der Waals surface area contributed by atoms with Crippen molar-refractivity contribution >= 4 is 28.8 Å². The van der Waals surface area contributed by atoms with Gasteiger partial charge in [0.1, 0.15) is 0 Å². The molecule has 0 unspecified atom stereocenters. The van der Waals surface area contributed by atoms with E-state index in [0.717, 1.165) is 17.1 Å². The van der Waals surface area contributed by atoms with E-state index in [2.05, 4.69) is 24.4 Å². The van der Waals surface area contributed by atoms with Crippen molar-refractivity contribution in [3.63, 3.8) is 0 Å². The molecule has 1 aromatic heterocycles. The quantitative estimate of drug-likeness (QED) is 0.883. The predicted octanol–water partition coefficient (Wildman–Crippen LogP) is 2.89. The van der Waals surface area contributed by atoms with Crippen LogP contribution in [0.25, 0.3) is 0 Å². The van der Waals surface area contributed by atoms with E-state index in [1.54, 1.807) is 23.5 Å². The third kappa shape index (κ3) is 2.10. The van der Waals surface area contributed by atoms with Crippen LogP contribution in [-0.2, 0) is 6.54 Å². The van der Waals surface area contributed by atoms with Crippen LogP contribution in [0.1, 0.15) is 30.5 Å². The Bertz CT molecular complexity index is 706. The average Bonchev–Trinajstić information content (AvgIpc) is 2.95. The van der Waals surface area contributed by atoms with E-state index in [9.17, 15) is 9.59 Å². The summed E-state index contributed by atoms with van der Waals surface area (Å²) in [5, 5.41) is 3.28. The fourth-order valence-corrected chi connectivity index (χ4v) is 3.07. The second-order valence-corrected chi connectivity index (χ2v) is 6.17. The number of nitrogens with zero attached hydrogens (tertiary/aromatic N) is 1. The molecule has 1 aliphatic rings. The highest BCUT2D eigenvalue weighted by atomic mass is 32.1. The maximum atomic E-state index is 11.9. The summed E-state index contributed by atoms with van der Waals surface area (Å²) in [6, 6.07) is 9.47. The van der Waals surface area contributed by atoms with Crippen molar-refractivity contribution in [1.82, 2.24) is 4.90 Å². The number of anilines is 1. The van der Waals surface area contributed by atoms with Crippen LogP contribution in [0.3, 0.4) is 0 Å². The molecule has 0 bridgehead atoms. The van der Waals surface area contributed by atoms with Gasteiger partial charge in [0.2, 0.25) is 0 Å². The summed E-state index contributed by atoms with van der Waals surface area (Å²) in [6.45, 7) is 2.79. The van der Waals surface area contributed by atoms with Gasteiger partial charge in [-0.2, -0.15) is 0 Å². The average molecular weight is 286 g/mol. The standard InChI is InChI=1S/C15H14N2O2S/c1-9-3-5-11(20-9)8-16-10-4-6-12-13(7-10)15(19)17(2)14(12)18/h3-7,16H,8H2,1-2H3. The summed E-state index contributed by atoms with van der Waals surface area (Å²) in [4.78, 5) is 27.4. The number of imide groups is 1. The fourth-order valence-electron chi connectivity index (χ4n) is 2.24. The van der Waals surface area contributed by atoms with E-state index >= 15 is 0 Å². The van der Waals surface area contributed by atoms with Crippen LogP contribution in [-0.4, -0.2) is 23.8 Å². The highest BCUT2D eigenvalue weighted by Gasteiger charge is 2.32. The number of rotatable bonds is 3. The van der Waals surface area contributed by atoms with Gasteiger partial charge < -0.3 is 5.32 Å². The van der Waals surface area contributed by atoms with Crippen molar-refractivity contribution in [3.8, 4) is 0 Å². The molecule has 1 aliphatic heterocycles. The number of carbonyl (C=O) groups excluding carboxylic acids is 2. The molecule has 102 valence electrons. The van der Waals surface area contributed by atoms with Crippen molar-refractivity contribution in [1.29, 1.82) is 0 Å². The van der Waals surface area contributed by atoms with Gasteiger partial charge in [0.15, 0.2) is 0 Å². The Hall–Kier alpha value is -2.14. The molecule has 0 spiro atoms. The van der Waals surface area contributed by atoms with Gasteiger partial charge in [-0.25, -0.2) is 0 Å². The summed E-state index contributed by atoms with van der Waals surface area (Å²) in [7, 11) is 1.51. The Morgan fingerprint density at radius 1 is 1.10 bits per heavy atom. The van der Waals surface area contributed by atoms with Crippen LogP contribution in [0.5, 0.6) is 0 Å². The normalized spacial score (nSPS) is 13.8. The monoisotopic (exact) mass is 286 g/mol. The summed E-state index contributed by atoms with van der Waals surface area (Å²) >= 11 is 1.74. The molecule has 1 aromatic carbocycles. The number of hydrogen-bond donors (Lipinski definition) is 1. The van der Waals surface area contributed by atoms with E-state index in [0.29, 0.717) is 11.1 Å². The third-order valence-electron chi connectivity index (χ3n) is 3.35. The molecular formula is C15H14N2O2S. The molecule has 0 saturated carbocycles. The molecule has 4 nitrogen and oxygen atoms in total. The number of amides is 2. The second-order valence-electron chi connectivity index (χ2n) is 4.80. The molecule has 0 aliphatic carbocycles. The summed E-state index contributed by atoms with van der Waals surface area (Å²) in [5.74, 6) is -0.467. The topological polar surface area (TPSA) is 49.4 Å². The van der Waals surface area contributed by atoms with Gasteiger partial charge in [0.25, 0.3) is 11.8 Å². The Kier molecular flexibility index (Phi) is 3.06. The van der Waals surface area contributed by atoms with Crippen LogP contribution in [0.2, 0.25) is 0 Å². The highest BCUT2D eigenvalue weighted by molar-refractivity contribution is 7.11. The van der Waals surface area contributed by atoms with Gasteiger partial charge in [0.05, 0.1) is 11.1 Å². The van der Waals surface area contributed by atoms with Gasteiger partial charge in [0, 0.05) is 29.0 Å². The van der Waals surface area contributed by atoms with E-state index < -0.39 is 0 Å². The first-order valence-electron chi connectivity index (χ1n) is 6.32. The van der Waals surface area contributed by atoms with Gasteiger partial charge in [-0.05, 0) is 37.3 Å². The minimum absolute atomic E-state index is 0.231. The molecule has 5 heteroatoms. The zero-order valence-corrected chi connectivity index (χ0v) is 12.1. The molecule has 0 saturated heterocycles. The van der Waals surface area contributed by atoms with Crippen LogP contribution in [0.4, 0.5) is 5.69 Å².